The molecule has 2 aliphatic carbocycles. The van der Waals surface area contributed by atoms with E-state index >= 15 is 0 Å². The number of halogens is 1. The molecule has 1 aliphatic heterocycles. The van der Waals surface area contributed by atoms with Gasteiger partial charge in [0.15, 0.2) is 23.1 Å². The molecule has 0 saturated carbocycles. The Morgan fingerprint density at radius 1 is 0.809 bits per heavy atom. The standard InChI is InChI=1S/C38H40BrNO6S/c1-6-45-32-18-25(17-27(39)36(32)46-47(43,44)26-15-11-8-12-16-26)33-34-28(19-37(2,3)21-30(34)41)40(23-24-13-9-7-10-14-24)29-20-38(4,5)22-31(42)35(29)33/h7-18,33H,6,19-23H2,1-5H3. The molecule has 3 aromatic rings. The van der Waals surface area contributed by atoms with Crippen LogP contribution < -0.4 is 8.92 Å². The summed E-state index contributed by atoms with van der Waals surface area (Å²) in [5.74, 6) is -0.375. The van der Waals surface area contributed by atoms with Gasteiger partial charge in [0.25, 0.3) is 0 Å². The average Bonchev–Trinajstić information content (AvgIpc) is 2.99. The summed E-state index contributed by atoms with van der Waals surface area (Å²) in [6.45, 7) is 11.1. The zero-order valence-corrected chi connectivity index (χ0v) is 29.8. The van der Waals surface area contributed by atoms with Crippen LogP contribution >= 0.6 is 15.9 Å². The lowest BCUT2D eigenvalue weighted by Gasteiger charge is -2.49. The number of carbonyl (C=O) groups excluding carboxylic acids is 2. The molecule has 0 amide bonds. The lowest BCUT2D eigenvalue weighted by molar-refractivity contribution is -0.119. The second kappa shape index (κ2) is 12.4. The van der Waals surface area contributed by atoms with Gasteiger partial charge < -0.3 is 13.8 Å². The number of rotatable bonds is 8. The summed E-state index contributed by atoms with van der Waals surface area (Å²) in [5, 5.41) is 0. The van der Waals surface area contributed by atoms with Gasteiger partial charge in [-0.05, 0) is 81.9 Å². The number of ether oxygens (including phenoxy) is 1. The van der Waals surface area contributed by atoms with Crippen LogP contribution in [0.25, 0.3) is 0 Å². The first kappa shape index (κ1) is 33.2. The second-order valence-electron chi connectivity index (χ2n) is 14.2. The molecule has 9 heteroatoms. The molecule has 47 heavy (non-hydrogen) atoms. The van der Waals surface area contributed by atoms with Crippen molar-refractivity contribution in [3.63, 3.8) is 0 Å². The first-order valence-electron chi connectivity index (χ1n) is 16.0. The van der Waals surface area contributed by atoms with Crippen LogP contribution in [-0.4, -0.2) is 31.5 Å². The SMILES string of the molecule is CCOc1cc(C2C3=C(CC(C)(C)CC3=O)N(Cc3ccccc3)C3=C2C(=O)CC(C)(C)C3)cc(Br)c1OS(=O)(=O)c1ccccc1. The van der Waals surface area contributed by atoms with E-state index in [4.69, 9.17) is 8.92 Å². The molecule has 246 valence electrons. The Morgan fingerprint density at radius 2 is 1.34 bits per heavy atom. The summed E-state index contributed by atoms with van der Waals surface area (Å²) >= 11 is 3.58. The zero-order valence-electron chi connectivity index (χ0n) is 27.4. The van der Waals surface area contributed by atoms with E-state index in [1.807, 2.05) is 18.2 Å². The number of hydrogen-bond acceptors (Lipinski definition) is 7. The number of carbonyl (C=O) groups is 2. The third kappa shape index (κ3) is 6.57. The van der Waals surface area contributed by atoms with E-state index in [1.54, 1.807) is 37.3 Å². The minimum absolute atomic E-state index is 0.0107. The number of hydrogen-bond donors (Lipinski definition) is 0. The first-order valence-corrected chi connectivity index (χ1v) is 18.2. The van der Waals surface area contributed by atoms with Gasteiger partial charge in [-0.15, -0.1) is 0 Å². The fourth-order valence-electron chi connectivity index (χ4n) is 7.18. The van der Waals surface area contributed by atoms with Gasteiger partial charge in [0.2, 0.25) is 0 Å². The Hall–Kier alpha value is -3.69. The third-order valence-electron chi connectivity index (χ3n) is 9.10. The number of ketones is 2. The van der Waals surface area contributed by atoms with Gasteiger partial charge in [0.1, 0.15) is 4.90 Å². The minimum Gasteiger partial charge on any atom is -0.490 e. The zero-order chi connectivity index (χ0) is 33.7. The highest BCUT2D eigenvalue weighted by Gasteiger charge is 2.49. The normalized spacial score (nSPS) is 19.4. The van der Waals surface area contributed by atoms with Crippen LogP contribution in [0.15, 0.2) is 105 Å². The average molecular weight is 719 g/mol. The van der Waals surface area contributed by atoms with Crippen LogP contribution in [0.2, 0.25) is 0 Å². The molecule has 6 rings (SSSR count). The second-order valence-corrected chi connectivity index (χ2v) is 16.6. The minimum atomic E-state index is -4.18. The number of allylic oxidation sites excluding steroid dienone is 4. The largest absolute Gasteiger partial charge is 0.490 e. The molecular formula is C38H40BrNO6S. The van der Waals surface area contributed by atoms with E-state index < -0.39 is 16.0 Å². The van der Waals surface area contributed by atoms with E-state index in [0.717, 1.165) is 17.0 Å². The lowest BCUT2D eigenvalue weighted by atomic mass is 9.63. The predicted molar refractivity (Wildman–Crippen MR) is 184 cm³/mol. The number of nitrogens with zero attached hydrogens (tertiary/aromatic N) is 1. The Kier molecular flexibility index (Phi) is 8.76. The Balaban J connectivity index is 1.55. The molecule has 3 aromatic carbocycles. The molecule has 0 radical (unpaired) electrons. The van der Waals surface area contributed by atoms with Gasteiger partial charge >= 0.3 is 10.1 Å². The van der Waals surface area contributed by atoms with Crippen LogP contribution in [0.5, 0.6) is 11.5 Å². The van der Waals surface area contributed by atoms with Crippen molar-refractivity contribution in [2.24, 2.45) is 10.8 Å². The van der Waals surface area contributed by atoms with Gasteiger partial charge in [0, 0.05) is 47.8 Å². The predicted octanol–water partition coefficient (Wildman–Crippen LogP) is 8.50. The molecule has 0 saturated heterocycles. The molecule has 0 atom stereocenters. The summed E-state index contributed by atoms with van der Waals surface area (Å²) in [5.41, 5.74) is 4.41. The molecule has 7 nitrogen and oxygen atoms in total. The molecule has 0 aromatic heterocycles. The highest BCUT2D eigenvalue weighted by Crippen LogP contribution is 2.56. The lowest BCUT2D eigenvalue weighted by Crippen LogP contribution is -2.44. The fourth-order valence-corrected chi connectivity index (χ4v) is 8.81. The van der Waals surface area contributed by atoms with E-state index in [9.17, 15) is 18.0 Å². The van der Waals surface area contributed by atoms with Gasteiger partial charge in [-0.2, -0.15) is 8.42 Å². The fraction of sp³-hybridized carbons (Fsp3) is 0.368. The first-order chi connectivity index (χ1) is 22.2. The monoisotopic (exact) mass is 717 g/mol. The van der Waals surface area contributed by atoms with Crippen molar-refractivity contribution in [2.45, 2.75) is 77.7 Å². The number of benzene rings is 3. The van der Waals surface area contributed by atoms with Crippen LogP contribution in [-0.2, 0) is 26.3 Å². The molecule has 0 N–H and O–H groups in total. The van der Waals surface area contributed by atoms with Crippen molar-refractivity contribution in [3.8, 4) is 11.5 Å². The van der Waals surface area contributed by atoms with E-state index in [1.165, 1.54) is 12.1 Å². The Morgan fingerprint density at radius 3 is 1.87 bits per heavy atom. The maximum Gasteiger partial charge on any atom is 0.339 e. The van der Waals surface area contributed by atoms with Crippen molar-refractivity contribution in [3.05, 3.63) is 111 Å². The van der Waals surface area contributed by atoms with E-state index in [0.29, 0.717) is 53.4 Å². The van der Waals surface area contributed by atoms with Crippen LogP contribution in [0.4, 0.5) is 0 Å². The van der Waals surface area contributed by atoms with Crippen LogP contribution in [0.3, 0.4) is 0 Å². The van der Waals surface area contributed by atoms with Crippen molar-refractivity contribution in [2.75, 3.05) is 6.61 Å². The van der Waals surface area contributed by atoms with E-state index in [2.05, 4.69) is 60.7 Å². The van der Waals surface area contributed by atoms with Crippen molar-refractivity contribution < 1.29 is 26.9 Å². The topological polar surface area (TPSA) is 90.0 Å². The highest BCUT2D eigenvalue weighted by atomic mass is 79.9. The van der Waals surface area contributed by atoms with Gasteiger partial charge in [0.05, 0.1) is 11.1 Å². The van der Waals surface area contributed by atoms with Gasteiger partial charge in [-0.3, -0.25) is 9.59 Å². The summed E-state index contributed by atoms with van der Waals surface area (Å²) in [4.78, 5) is 30.8. The molecule has 0 unspecified atom stereocenters. The van der Waals surface area contributed by atoms with Crippen molar-refractivity contribution in [1.29, 1.82) is 0 Å². The van der Waals surface area contributed by atoms with Crippen molar-refractivity contribution >= 4 is 37.6 Å². The van der Waals surface area contributed by atoms with Crippen LogP contribution in [0, 0.1) is 10.8 Å². The summed E-state index contributed by atoms with van der Waals surface area (Å²) < 4.78 is 38.5. The van der Waals surface area contributed by atoms with Gasteiger partial charge in [-0.25, -0.2) is 0 Å². The maximum atomic E-state index is 14.3. The summed E-state index contributed by atoms with van der Waals surface area (Å²) in [6.07, 6.45) is 2.08. The molecule has 0 fully saturated rings. The smallest absolute Gasteiger partial charge is 0.339 e. The van der Waals surface area contributed by atoms with Crippen LogP contribution in [0.1, 0.15) is 77.3 Å². The molecular weight excluding hydrogens is 678 g/mol. The molecule has 0 bridgehead atoms. The Labute approximate surface area is 285 Å². The summed E-state index contributed by atoms with van der Waals surface area (Å²) in [7, 11) is -4.18. The number of Topliss-reactive ketones (excluding diaryl/α,β-unsaturated/α-hetero) is 2. The van der Waals surface area contributed by atoms with E-state index in [-0.39, 0.29) is 45.4 Å². The molecule has 3 aliphatic rings. The maximum absolute atomic E-state index is 14.3. The molecule has 0 spiro atoms. The molecule has 1 heterocycles. The highest BCUT2D eigenvalue weighted by molar-refractivity contribution is 9.10. The Bertz CT molecular complexity index is 1860. The van der Waals surface area contributed by atoms with Gasteiger partial charge in [-0.1, -0.05) is 76.2 Å². The quantitative estimate of drug-likeness (QED) is 0.216. The summed E-state index contributed by atoms with van der Waals surface area (Å²) in [6, 6.07) is 21.6. The van der Waals surface area contributed by atoms with Crippen molar-refractivity contribution in [1.82, 2.24) is 4.90 Å². The third-order valence-corrected chi connectivity index (χ3v) is 10.9.